The number of phenolic OH excluding ortho intramolecular Hbond substituents is 1. The van der Waals surface area contributed by atoms with E-state index in [1.807, 2.05) is 56.2 Å². The molecule has 0 radical (unpaired) electrons. The van der Waals surface area contributed by atoms with Crippen molar-refractivity contribution >= 4 is 163 Å². The highest BCUT2D eigenvalue weighted by Gasteiger charge is 2.42. The van der Waals surface area contributed by atoms with Crippen molar-refractivity contribution in [1.82, 2.24) is 88.1 Å². The summed E-state index contributed by atoms with van der Waals surface area (Å²) in [5.74, 6) is -20.4. The molecule has 0 spiro atoms. The number of thiazole rings is 1. The number of amides is 11. The average molecular weight is 1930 g/mol. The molecule has 2 aromatic carbocycles. The number of H-pyrrole nitrogens is 1. The van der Waals surface area contributed by atoms with Crippen LogP contribution < -0.4 is 70.0 Å². The number of terminal acetylenes is 1. The Balaban J connectivity index is 0.992. The van der Waals surface area contributed by atoms with Gasteiger partial charge in [-0.3, -0.25) is 92.0 Å². The fourth-order valence-electron chi connectivity index (χ4n) is 13.5. The van der Waals surface area contributed by atoms with Crippen LogP contribution in [-0.4, -0.2) is 271 Å². The third-order valence-corrected chi connectivity index (χ3v) is 24.1. The Morgan fingerprint density at radius 3 is 1.89 bits per heavy atom. The quantitative estimate of drug-likeness (QED) is 0.00497. The van der Waals surface area contributed by atoms with Crippen molar-refractivity contribution < 1.29 is 131 Å². The number of aromatic hydroxyl groups is 1. The van der Waals surface area contributed by atoms with Crippen LogP contribution in [0.4, 0.5) is 16.4 Å². The molecule has 1 fully saturated rings. The molecule has 13 atom stereocenters. The van der Waals surface area contributed by atoms with Crippen molar-refractivity contribution in [3.05, 3.63) is 98.0 Å². The summed E-state index contributed by atoms with van der Waals surface area (Å²) in [5.41, 5.74) is 10.5. The number of carboxylic acids is 5. The summed E-state index contributed by atoms with van der Waals surface area (Å²) in [7, 11) is 3.57. The van der Waals surface area contributed by atoms with Gasteiger partial charge in [0.25, 0.3) is 17.4 Å². The number of carbonyl (C=O) groups is 18. The molecular formula is C84H111N19O28S3. The third kappa shape index (κ3) is 36.0. The number of anilines is 2. The van der Waals surface area contributed by atoms with Crippen LogP contribution in [-0.2, 0) is 99.1 Å². The zero-order valence-electron chi connectivity index (χ0n) is 74.4. The number of aliphatic carboxylic acids is 5. The number of aromatic nitrogens is 5. The number of likely N-dealkylation sites (N-methyl/N-ethyl adjacent to an activating group) is 1. The number of phenols is 1. The van der Waals surface area contributed by atoms with Crippen LogP contribution in [0.15, 0.2) is 64.9 Å². The molecule has 0 unspecified atom stereocenters. The van der Waals surface area contributed by atoms with Crippen LogP contribution in [0.1, 0.15) is 182 Å². The Morgan fingerprint density at radius 1 is 0.694 bits per heavy atom. The molecule has 11 amide bonds. The molecule has 1 aliphatic rings. The average Bonchev–Trinajstić information content (AvgIpc) is 1.14. The fraction of sp³-hybridized carbons (Fsp3) is 0.512. The zero-order chi connectivity index (χ0) is 99.2. The first kappa shape index (κ1) is 109. The Bertz CT molecular complexity index is 5120. The van der Waals surface area contributed by atoms with Gasteiger partial charge in [0, 0.05) is 78.7 Å². The number of esters is 2. The topological polar surface area (TPSA) is 706 Å². The maximum atomic E-state index is 15.0. The molecule has 0 bridgehead atoms. The van der Waals surface area contributed by atoms with Gasteiger partial charge in [0.05, 0.1) is 43.7 Å². The summed E-state index contributed by atoms with van der Waals surface area (Å²) in [6, 6.07) is -3.53. The van der Waals surface area contributed by atoms with E-state index in [0.29, 0.717) is 42.8 Å². The van der Waals surface area contributed by atoms with Crippen LogP contribution in [0, 0.1) is 30.1 Å². The van der Waals surface area contributed by atoms with Gasteiger partial charge in [-0.05, 0) is 106 Å². The van der Waals surface area contributed by atoms with E-state index in [1.54, 1.807) is 19.1 Å². The standard InChI is InChI=1S/C84H111N19O28S3/c1-10-15-52(91-73(117)54(33-63(107)108)90-62(106)27-26-53(81(124)125)92-71(115)47-20-22-48(23-21-47)86-37-50-38-87-69-68(88-50)78(122)99-83(85)98-69)72(116)93-55(34-64(109)110)74(118)94-56(35-65(111)112)75(119)95-58(82(126)127)40-134-133-30-29-129-84(128)101-100-70(114)44(7)31-49(32-46-18-24-51(105)25-19-46)89-76(120)57-39-132-79(96-57)61(131-45(8)104)36-60(42(4)5)103(41-130-66(113)16-11-2)80(123)67(43(6)12-3)97-77(121)59-17-13-14-28-102(59)9/h1,18-25,38-39,42-44,49,52-56,58-61,67,86,105H,11-17,26-37,40-41H2,2-9H3,(H,89,120)(H,90,106)(H,91,117)(H,92,115)(H,93,116)(H,94,118)(H,95,119)(H,97,121)(H,100,114)(H,101,128)(H,107,108)(H,109,110)(H,111,112)(H,124,125)(H,126,127)(H3,85,87,98,99,122)/t43-,44+,49-,52+,53+,54+,55+,56+,58+,59-,60-,61-,67+/m1/s1. The lowest BCUT2D eigenvalue weighted by molar-refractivity contribution is -0.161. The predicted molar refractivity (Wildman–Crippen MR) is 480 cm³/mol. The molecule has 0 saturated carbocycles. The number of rotatable bonds is 54. The van der Waals surface area contributed by atoms with Gasteiger partial charge in [-0.15, -0.1) is 23.7 Å². The second-order valence-corrected chi connectivity index (χ2v) is 35.1. The zero-order valence-corrected chi connectivity index (χ0v) is 76.9. The highest BCUT2D eigenvalue weighted by Crippen LogP contribution is 2.33. The second-order valence-electron chi connectivity index (χ2n) is 31.5. The van der Waals surface area contributed by atoms with Crippen molar-refractivity contribution in [3.8, 4) is 18.1 Å². The van der Waals surface area contributed by atoms with Gasteiger partial charge in [0.2, 0.25) is 53.2 Å². The lowest BCUT2D eigenvalue weighted by Gasteiger charge is -2.39. The van der Waals surface area contributed by atoms with Gasteiger partial charge in [-0.2, -0.15) is 4.98 Å². The largest absolute Gasteiger partial charge is 0.508 e. The number of nitrogen functional groups attached to an aromatic ring is 1. The van der Waals surface area contributed by atoms with Gasteiger partial charge >= 0.3 is 47.9 Å². The van der Waals surface area contributed by atoms with E-state index < -0.39 is 230 Å². The normalized spacial score (nSPS) is 15.1. The number of nitrogens with two attached hydrogens (primary N) is 1. The minimum absolute atomic E-state index is 0.0212. The molecule has 1 aliphatic heterocycles. The molecule has 47 nitrogen and oxygen atoms in total. The molecule has 3 aromatic heterocycles. The first-order valence-electron chi connectivity index (χ1n) is 42.3. The van der Waals surface area contributed by atoms with E-state index in [2.05, 4.69) is 73.0 Å². The van der Waals surface area contributed by atoms with Crippen molar-refractivity contribution in [2.75, 3.05) is 49.5 Å². The molecule has 134 heavy (non-hydrogen) atoms. The number of carbonyl (C=O) groups excluding carboxylic acids is 13. The van der Waals surface area contributed by atoms with Crippen molar-refractivity contribution in [2.45, 2.75) is 218 Å². The molecule has 0 aliphatic carbocycles. The molecule has 4 heterocycles. The molecule has 728 valence electrons. The van der Waals surface area contributed by atoms with E-state index in [0.717, 1.165) is 45.8 Å². The van der Waals surface area contributed by atoms with E-state index in [-0.39, 0.29) is 101 Å². The number of nitrogens with zero attached hydrogens (tertiary/aromatic N) is 6. The summed E-state index contributed by atoms with van der Waals surface area (Å²) < 4.78 is 16.7. The first-order valence-corrected chi connectivity index (χ1v) is 45.7. The second kappa shape index (κ2) is 54.2. The van der Waals surface area contributed by atoms with E-state index >= 15 is 4.79 Å². The highest BCUT2D eigenvalue weighted by atomic mass is 33.1. The van der Waals surface area contributed by atoms with Crippen LogP contribution in [0.25, 0.3) is 11.2 Å². The van der Waals surface area contributed by atoms with Gasteiger partial charge in [0.1, 0.15) is 65.4 Å². The predicted octanol–water partition coefficient (Wildman–Crippen LogP) is 1.36. The summed E-state index contributed by atoms with van der Waals surface area (Å²) >= 11 is 0.985. The highest BCUT2D eigenvalue weighted by molar-refractivity contribution is 8.76. The number of ether oxygens (including phenoxy) is 3. The Morgan fingerprint density at radius 2 is 1.31 bits per heavy atom. The third-order valence-electron chi connectivity index (χ3n) is 20.8. The maximum Gasteiger partial charge on any atom is 0.426 e. The Labute approximate surface area is 779 Å². The summed E-state index contributed by atoms with van der Waals surface area (Å²) in [5, 5.41) is 82.3. The maximum absolute atomic E-state index is 15.0. The lowest BCUT2D eigenvalue weighted by atomic mass is 9.92. The first-order chi connectivity index (χ1) is 63.5. The number of hydrogen-bond donors (Lipinski definition) is 19. The number of nitrogens with one attached hydrogen (secondary N) is 12. The number of piperidine rings is 1. The number of hydrazine groups is 1. The molecule has 50 heteroatoms. The van der Waals surface area contributed by atoms with Crippen LogP contribution in [0.3, 0.4) is 0 Å². The van der Waals surface area contributed by atoms with Gasteiger partial charge in [-0.1, -0.05) is 88.1 Å². The van der Waals surface area contributed by atoms with Gasteiger partial charge < -0.3 is 103 Å². The van der Waals surface area contributed by atoms with E-state index in [1.165, 1.54) is 66.7 Å². The molecule has 1 saturated heterocycles. The molecule has 20 N–H and O–H groups in total. The van der Waals surface area contributed by atoms with Crippen LogP contribution in [0.5, 0.6) is 5.75 Å². The van der Waals surface area contributed by atoms with Crippen molar-refractivity contribution in [2.24, 2.45) is 17.8 Å². The van der Waals surface area contributed by atoms with Gasteiger partial charge in [-0.25, -0.2) is 34.8 Å². The Hall–Kier alpha value is -13.8. The molecule has 6 rings (SSSR count). The summed E-state index contributed by atoms with van der Waals surface area (Å²) in [6.45, 7) is 11.7. The van der Waals surface area contributed by atoms with E-state index in [9.17, 15) is 117 Å². The van der Waals surface area contributed by atoms with Gasteiger partial charge in [0.15, 0.2) is 24.0 Å². The Kier molecular flexibility index (Phi) is 44.1. The van der Waals surface area contributed by atoms with Crippen LogP contribution in [0.2, 0.25) is 0 Å². The lowest BCUT2D eigenvalue weighted by Crippen LogP contribution is -2.59. The number of carboxylic acid groups (broad SMARTS) is 5. The number of hydrogen-bond acceptors (Lipinski definition) is 33. The summed E-state index contributed by atoms with van der Waals surface area (Å²) in [4.78, 5) is 272. The number of benzene rings is 2. The van der Waals surface area contributed by atoms with Crippen LogP contribution >= 0.6 is 32.9 Å². The van der Waals surface area contributed by atoms with E-state index in [4.69, 9.17) is 26.4 Å². The monoisotopic (exact) mass is 1930 g/mol. The minimum Gasteiger partial charge on any atom is -0.508 e. The summed E-state index contributed by atoms with van der Waals surface area (Å²) in [6.07, 6.45) is 1.88. The van der Waals surface area contributed by atoms with Crippen molar-refractivity contribution in [3.63, 3.8) is 0 Å². The minimum atomic E-state index is -2.23. The fourth-order valence-corrected chi connectivity index (χ4v) is 16.3. The molecule has 5 aromatic rings. The smallest absolute Gasteiger partial charge is 0.426 e. The number of aromatic amines is 1. The number of likely N-dealkylation sites (tertiary alicyclic amines) is 1. The number of fused-ring (bicyclic) bond motifs is 1. The SMILES string of the molecule is C#CC[C@H](NC(=O)[C@H](CC(=O)O)NC(=O)CC[C@H](NC(=O)c1ccc(NCc2cnc3nc(N)[nH]c(=O)c3n2)cc1)C(=O)O)C(=O)N[C@@H](CC(=O)O)C(=O)N[C@@H](CC(=O)O)C(=O)N[C@@H](CSSCCOC(=O)NNC(=O)[C@@H](C)C[C@H](Cc1ccc(O)cc1)NC(=O)c1csc([C@@H](C[C@H](C(C)C)N(COC(=O)CCC)C(=O)[C@@H](NC(=O)[C@H]2CCCCN2C)[C@H](C)CC)OC(C)=O)n1)C(=O)O. The van der Waals surface area contributed by atoms with Crippen molar-refractivity contribution in [1.29, 1.82) is 0 Å². The molecular weight excluding hydrogens is 1820 g/mol.